The molecule has 2 rings (SSSR count). The van der Waals surface area contributed by atoms with Gasteiger partial charge in [-0.2, -0.15) is 0 Å². The molecule has 1 aliphatic heterocycles. The van der Waals surface area contributed by atoms with Crippen LogP contribution >= 0.6 is 0 Å². The van der Waals surface area contributed by atoms with Crippen LogP contribution in [0.5, 0.6) is 0 Å². The average molecular weight is 267 g/mol. The van der Waals surface area contributed by atoms with E-state index in [4.69, 9.17) is 0 Å². The van der Waals surface area contributed by atoms with Crippen molar-refractivity contribution in [3.8, 4) is 0 Å². The molecule has 19 heavy (non-hydrogen) atoms. The van der Waals surface area contributed by atoms with Crippen molar-refractivity contribution in [1.29, 1.82) is 0 Å². The lowest BCUT2D eigenvalue weighted by Gasteiger charge is -2.38. The molecule has 0 radical (unpaired) electrons. The number of likely N-dealkylation sites (tertiary alicyclic amines) is 1. The van der Waals surface area contributed by atoms with Gasteiger partial charge in [0.15, 0.2) is 0 Å². The molecule has 0 aliphatic carbocycles. The number of aryl methyl sites for hydroxylation is 1. The van der Waals surface area contributed by atoms with Crippen molar-refractivity contribution in [2.24, 2.45) is 5.41 Å². The number of nitrogens with zero attached hydrogens (tertiary/aromatic N) is 3. The van der Waals surface area contributed by atoms with Crippen molar-refractivity contribution >= 4 is 5.97 Å². The van der Waals surface area contributed by atoms with Crippen LogP contribution in [0.15, 0.2) is 4.63 Å². The van der Waals surface area contributed by atoms with Crippen LogP contribution in [0.1, 0.15) is 44.0 Å². The molecular formula is C13H21N3O3. The van der Waals surface area contributed by atoms with Gasteiger partial charge in [0, 0.05) is 6.54 Å². The summed E-state index contributed by atoms with van der Waals surface area (Å²) in [5, 5.41) is 17.1. The second kappa shape index (κ2) is 5.69. The molecule has 0 amide bonds. The van der Waals surface area contributed by atoms with E-state index in [2.05, 4.69) is 19.8 Å². The minimum Gasteiger partial charge on any atom is -0.481 e. The third-order valence-electron chi connectivity index (χ3n) is 4.12. The van der Waals surface area contributed by atoms with E-state index < -0.39 is 11.4 Å². The first kappa shape index (κ1) is 14.0. The largest absolute Gasteiger partial charge is 0.481 e. The first-order valence-corrected chi connectivity index (χ1v) is 6.81. The number of hydrogen-bond donors (Lipinski definition) is 1. The molecule has 106 valence electrons. The van der Waals surface area contributed by atoms with Crippen molar-refractivity contribution < 1.29 is 14.5 Å². The van der Waals surface area contributed by atoms with E-state index in [9.17, 15) is 9.90 Å². The Morgan fingerprint density at radius 2 is 2.11 bits per heavy atom. The van der Waals surface area contributed by atoms with Gasteiger partial charge >= 0.3 is 5.97 Å². The van der Waals surface area contributed by atoms with Crippen LogP contribution in [0.25, 0.3) is 0 Å². The summed E-state index contributed by atoms with van der Waals surface area (Å²) < 4.78 is 4.68. The number of carboxylic acid groups (broad SMARTS) is 1. The zero-order valence-electron chi connectivity index (χ0n) is 11.6. The van der Waals surface area contributed by atoms with Crippen molar-refractivity contribution in [3.05, 3.63) is 11.4 Å². The van der Waals surface area contributed by atoms with E-state index in [0.717, 1.165) is 37.3 Å². The molecule has 1 aromatic rings. The molecule has 0 saturated carbocycles. The lowest BCUT2D eigenvalue weighted by Crippen LogP contribution is -2.44. The molecule has 0 aromatic carbocycles. The highest BCUT2D eigenvalue weighted by Crippen LogP contribution is 2.36. The summed E-state index contributed by atoms with van der Waals surface area (Å²) in [4.78, 5) is 13.7. The van der Waals surface area contributed by atoms with Gasteiger partial charge in [0.25, 0.3) is 0 Å². The molecule has 1 fully saturated rings. The maximum Gasteiger partial charge on any atom is 0.309 e. The van der Waals surface area contributed by atoms with E-state index in [1.165, 1.54) is 0 Å². The summed E-state index contributed by atoms with van der Waals surface area (Å²) >= 11 is 0. The normalized spacial score (nSPS) is 19.5. The van der Waals surface area contributed by atoms with Gasteiger partial charge in [-0.1, -0.05) is 23.7 Å². The lowest BCUT2D eigenvalue weighted by molar-refractivity contribution is -0.152. The number of aromatic nitrogens is 2. The Morgan fingerprint density at radius 3 is 2.58 bits per heavy atom. The van der Waals surface area contributed by atoms with Gasteiger partial charge in [-0.05, 0) is 39.3 Å². The predicted molar refractivity (Wildman–Crippen MR) is 68.5 cm³/mol. The number of piperidine rings is 1. The Balaban J connectivity index is 1.94. The quantitative estimate of drug-likeness (QED) is 0.877. The summed E-state index contributed by atoms with van der Waals surface area (Å²) in [5.74, 6) is -0.645. The van der Waals surface area contributed by atoms with Gasteiger partial charge in [-0.3, -0.25) is 9.69 Å². The van der Waals surface area contributed by atoms with E-state index in [0.29, 0.717) is 19.4 Å². The molecule has 6 nitrogen and oxygen atoms in total. The Kier molecular flexibility index (Phi) is 4.19. The van der Waals surface area contributed by atoms with Crippen LogP contribution in [0.4, 0.5) is 0 Å². The summed E-state index contributed by atoms with van der Waals surface area (Å²) in [5.41, 5.74) is 1.13. The maximum absolute atomic E-state index is 11.5. The number of rotatable bonds is 5. The molecule has 6 heteroatoms. The predicted octanol–water partition coefficient (Wildman–Crippen LogP) is 1.84. The number of aliphatic carboxylic acids is 1. The topological polar surface area (TPSA) is 79.5 Å². The maximum atomic E-state index is 11.5. The smallest absolute Gasteiger partial charge is 0.309 e. The second-order valence-corrected chi connectivity index (χ2v) is 5.41. The van der Waals surface area contributed by atoms with Crippen molar-refractivity contribution in [2.75, 3.05) is 13.1 Å². The van der Waals surface area contributed by atoms with Gasteiger partial charge in [-0.25, -0.2) is 4.63 Å². The first-order valence-electron chi connectivity index (χ1n) is 6.81. The Hall–Kier alpha value is -1.43. The highest BCUT2D eigenvalue weighted by atomic mass is 16.6. The second-order valence-electron chi connectivity index (χ2n) is 5.41. The minimum atomic E-state index is -0.645. The highest BCUT2D eigenvalue weighted by molar-refractivity contribution is 5.74. The molecule has 1 saturated heterocycles. The van der Waals surface area contributed by atoms with Crippen molar-refractivity contribution in [1.82, 2.24) is 15.2 Å². The fourth-order valence-electron chi connectivity index (χ4n) is 2.79. The van der Waals surface area contributed by atoms with Gasteiger partial charge in [0.1, 0.15) is 11.4 Å². The van der Waals surface area contributed by atoms with E-state index >= 15 is 0 Å². The van der Waals surface area contributed by atoms with Crippen molar-refractivity contribution in [2.45, 2.75) is 46.1 Å². The molecule has 0 spiro atoms. The van der Waals surface area contributed by atoms with Gasteiger partial charge in [0.2, 0.25) is 0 Å². The molecule has 0 atom stereocenters. The third kappa shape index (κ3) is 2.94. The van der Waals surface area contributed by atoms with E-state index in [1.54, 1.807) is 0 Å². The Morgan fingerprint density at radius 1 is 1.42 bits per heavy atom. The summed E-state index contributed by atoms with van der Waals surface area (Å²) in [6.45, 7) is 6.18. The van der Waals surface area contributed by atoms with Gasteiger partial charge in [0.05, 0.1) is 5.41 Å². The van der Waals surface area contributed by atoms with E-state index in [-0.39, 0.29) is 0 Å². The van der Waals surface area contributed by atoms with Crippen LogP contribution in [0, 0.1) is 12.3 Å². The number of carboxylic acids is 1. The van der Waals surface area contributed by atoms with E-state index in [1.807, 2.05) is 13.8 Å². The zero-order valence-corrected chi connectivity index (χ0v) is 11.6. The molecular weight excluding hydrogens is 246 g/mol. The molecule has 1 aliphatic rings. The summed E-state index contributed by atoms with van der Waals surface area (Å²) in [6.07, 6.45) is 3.10. The monoisotopic (exact) mass is 267 g/mol. The standard InChI is InChI=1S/C13H21N3O3/c1-3-4-13(12(17)18)5-7-16(8-6-13)9-11-10(2)14-19-15-11/h3-9H2,1-2H3,(H,17,18). The Bertz CT molecular complexity index is 436. The first-order chi connectivity index (χ1) is 9.07. The SMILES string of the molecule is CCCC1(C(=O)O)CCN(Cc2nonc2C)CC1. The highest BCUT2D eigenvalue weighted by Gasteiger charge is 2.40. The fraction of sp³-hybridized carbons (Fsp3) is 0.769. The zero-order chi connectivity index (χ0) is 13.9. The molecule has 1 N–H and O–H groups in total. The summed E-state index contributed by atoms with van der Waals surface area (Å²) in [7, 11) is 0. The van der Waals surface area contributed by atoms with Crippen LogP contribution < -0.4 is 0 Å². The average Bonchev–Trinajstić information content (AvgIpc) is 2.78. The van der Waals surface area contributed by atoms with Crippen LogP contribution in [-0.2, 0) is 11.3 Å². The third-order valence-corrected chi connectivity index (χ3v) is 4.12. The van der Waals surface area contributed by atoms with Crippen LogP contribution in [0.3, 0.4) is 0 Å². The Labute approximate surface area is 112 Å². The van der Waals surface area contributed by atoms with Crippen LogP contribution in [-0.4, -0.2) is 39.4 Å². The number of hydrogen-bond acceptors (Lipinski definition) is 5. The molecule has 0 bridgehead atoms. The minimum absolute atomic E-state index is 0.525. The van der Waals surface area contributed by atoms with Crippen molar-refractivity contribution in [3.63, 3.8) is 0 Å². The number of carbonyl (C=O) groups is 1. The fourth-order valence-corrected chi connectivity index (χ4v) is 2.79. The molecule has 1 aromatic heterocycles. The van der Waals surface area contributed by atoms with Gasteiger partial charge < -0.3 is 5.11 Å². The lowest BCUT2D eigenvalue weighted by atomic mass is 9.75. The summed E-state index contributed by atoms with van der Waals surface area (Å²) in [6, 6.07) is 0. The molecule has 2 heterocycles. The van der Waals surface area contributed by atoms with Crippen LogP contribution in [0.2, 0.25) is 0 Å². The van der Waals surface area contributed by atoms with Gasteiger partial charge in [-0.15, -0.1) is 0 Å². The molecule has 0 unspecified atom stereocenters.